The average Bonchev–Trinajstić information content (AvgIpc) is 3.22. The third-order valence-electron chi connectivity index (χ3n) is 5.07. The van der Waals surface area contributed by atoms with Crippen molar-refractivity contribution in [3.05, 3.63) is 0 Å². The molecular formula is C15H24N2O4. The summed E-state index contributed by atoms with van der Waals surface area (Å²) in [4.78, 5) is 25.2. The molecule has 2 saturated heterocycles. The number of rotatable bonds is 3. The minimum absolute atomic E-state index is 0.124. The second kappa shape index (κ2) is 5.48. The molecule has 0 bridgehead atoms. The number of carbonyl (C=O) groups excluding carboxylic acids is 1. The van der Waals surface area contributed by atoms with Crippen LogP contribution in [0, 0.1) is 11.3 Å². The number of hydrogen-bond acceptors (Lipinski definition) is 3. The number of urea groups is 1. The average molecular weight is 296 g/mol. The van der Waals surface area contributed by atoms with Crippen LogP contribution in [0.2, 0.25) is 0 Å². The van der Waals surface area contributed by atoms with Crippen molar-refractivity contribution in [1.82, 2.24) is 10.2 Å². The van der Waals surface area contributed by atoms with Crippen molar-refractivity contribution in [2.24, 2.45) is 11.3 Å². The van der Waals surface area contributed by atoms with Crippen molar-refractivity contribution >= 4 is 12.0 Å². The van der Waals surface area contributed by atoms with Crippen molar-refractivity contribution in [2.75, 3.05) is 19.7 Å². The second-order valence-electron chi connectivity index (χ2n) is 6.95. The molecule has 2 amide bonds. The van der Waals surface area contributed by atoms with Crippen LogP contribution in [0.4, 0.5) is 4.79 Å². The van der Waals surface area contributed by atoms with Gasteiger partial charge in [-0.05, 0) is 44.9 Å². The monoisotopic (exact) mass is 296 g/mol. The Kier molecular flexibility index (Phi) is 3.82. The molecule has 0 aromatic carbocycles. The van der Waals surface area contributed by atoms with Crippen molar-refractivity contribution in [3.63, 3.8) is 0 Å². The fourth-order valence-electron chi connectivity index (χ4n) is 3.33. The molecule has 0 aromatic heterocycles. The molecule has 0 aromatic rings. The largest absolute Gasteiger partial charge is 0.481 e. The van der Waals surface area contributed by atoms with Crippen LogP contribution in [0.5, 0.6) is 0 Å². The molecule has 3 rings (SSSR count). The molecule has 3 aliphatic rings. The molecule has 1 saturated carbocycles. The van der Waals surface area contributed by atoms with E-state index in [9.17, 15) is 14.7 Å². The fourth-order valence-corrected chi connectivity index (χ4v) is 3.33. The van der Waals surface area contributed by atoms with Crippen LogP contribution in [0.1, 0.15) is 39.0 Å². The standard InChI is InChI=1S/C15H24N2O4/c1-15(13(18)19)5-6-17(9-15)14(20)16-11-4-7-21-12(8-11)10-2-3-10/h10-12H,2-9H2,1H3,(H,16,20)(H,18,19). The zero-order valence-electron chi connectivity index (χ0n) is 12.5. The van der Waals surface area contributed by atoms with Gasteiger partial charge in [0, 0.05) is 25.7 Å². The third kappa shape index (κ3) is 3.15. The summed E-state index contributed by atoms with van der Waals surface area (Å²) < 4.78 is 5.76. The molecule has 21 heavy (non-hydrogen) atoms. The molecule has 3 atom stereocenters. The topological polar surface area (TPSA) is 78.9 Å². The van der Waals surface area contributed by atoms with Crippen LogP contribution in [-0.2, 0) is 9.53 Å². The number of aliphatic carboxylic acids is 1. The number of nitrogens with one attached hydrogen (secondary N) is 1. The number of carbonyl (C=O) groups is 2. The molecule has 1 aliphatic carbocycles. The number of carboxylic acid groups (broad SMARTS) is 1. The van der Waals surface area contributed by atoms with E-state index in [1.165, 1.54) is 12.8 Å². The van der Waals surface area contributed by atoms with E-state index in [0.29, 0.717) is 38.1 Å². The van der Waals surface area contributed by atoms with Gasteiger partial charge in [0.05, 0.1) is 11.5 Å². The first-order chi connectivity index (χ1) is 9.98. The van der Waals surface area contributed by atoms with Gasteiger partial charge in [-0.25, -0.2) is 4.79 Å². The number of likely N-dealkylation sites (tertiary alicyclic amines) is 1. The lowest BCUT2D eigenvalue weighted by Gasteiger charge is -2.31. The highest BCUT2D eigenvalue weighted by Crippen LogP contribution is 2.38. The van der Waals surface area contributed by atoms with Crippen LogP contribution in [0.15, 0.2) is 0 Å². The van der Waals surface area contributed by atoms with E-state index in [-0.39, 0.29) is 12.1 Å². The van der Waals surface area contributed by atoms with Crippen LogP contribution >= 0.6 is 0 Å². The highest BCUT2D eigenvalue weighted by molar-refractivity contribution is 5.79. The summed E-state index contributed by atoms with van der Waals surface area (Å²) >= 11 is 0. The van der Waals surface area contributed by atoms with Crippen LogP contribution < -0.4 is 5.32 Å². The predicted octanol–water partition coefficient (Wildman–Crippen LogP) is 1.45. The second-order valence-corrected chi connectivity index (χ2v) is 6.95. The SMILES string of the molecule is CC1(C(=O)O)CCN(C(=O)NC2CCOC(C3CC3)C2)C1. The van der Waals surface area contributed by atoms with Gasteiger partial charge in [-0.3, -0.25) is 4.79 Å². The summed E-state index contributed by atoms with van der Waals surface area (Å²) in [5, 5.41) is 12.3. The van der Waals surface area contributed by atoms with Gasteiger partial charge in [0.1, 0.15) is 0 Å². The summed E-state index contributed by atoms with van der Waals surface area (Å²) in [6.07, 6.45) is 5.04. The molecular weight excluding hydrogens is 272 g/mol. The summed E-state index contributed by atoms with van der Waals surface area (Å²) in [5.74, 6) is -0.135. The fraction of sp³-hybridized carbons (Fsp3) is 0.867. The Hall–Kier alpha value is -1.30. The van der Waals surface area contributed by atoms with E-state index >= 15 is 0 Å². The first kappa shape index (κ1) is 14.6. The van der Waals surface area contributed by atoms with Gasteiger partial charge in [0.15, 0.2) is 0 Å². The molecule has 118 valence electrons. The normalized spacial score (nSPS) is 36.5. The Balaban J connectivity index is 1.51. The summed E-state index contributed by atoms with van der Waals surface area (Å²) in [5.41, 5.74) is -0.802. The quantitative estimate of drug-likeness (QED) is 0.826. The Morgan fingerprint density at radius 3 is 2.71 bits per heavy atom. The van der Waals surface area contributed by atoms with Crippen LogP contribution in [-0.4, -0.2) is 53.8 Å². The molecule has 0 radical (unpaired) electrons. The van der Waals surface area contributed by atoms with E-state index in [0.717, 1.165) is 12.8 Å². The zero-order valence-corrected chi connectivity index (χ0v) is 12.5. The lowest BCUT2D eigenvalue weighted by Crippen LogP contribution is -2.48. The Morgan fingerprint density at radius 1 is 1.33 bits per heavy atom. The summed E-state index contributed by atoms with van der Waals surface area (Å²) in [7, 11) is 0. The van der Waals surface area contributed by atoms with Gasteiger partial charge in [-0.2, -0.15) is 0 Å². The number of amides is 2. The third-order valence-corrected chi connectivity index (χ3v) is 5.07. The van der Waals surface area contributed by atoms with Crippen molar-refractivity contribution in [1.29, 1.82) is 0 Å². The lowest BCUT2D eigenvalue weighted by molar-refractivity contribution is -0.146. The van der Waals surface area contributed by atoms with Gasteiger partial charge in [0.2, 0.25) is 0 Å². The minimum atomic E-state index is -0.822. The van der Waals surface area contributed by atoms with E-state index in [1.807, 2.05) is 0 Å². The summed E-state index contributed by atoms with van der Waals surface area (Å²) in [6.45, 7) is 3.23. The Morgan fingerprint density at radius 2 is 2.10 bits per heavy atom. The number of nitrogens with zero attached hydrogens (tertiary/aromatic N) is 1. The highest BCUT2D eigenvalue weighted by atomic mass is 16.5. The molecule has 6 nitrogen and oxygen atoms in total. The zero-order chi connectivity index (χ0) is 15.0. The van der Waals surface area contributed by atoms with Crippen molar-refractivity contribution in [2.45, 2.75) is 51.2 Å². The van der Waals surface area contributed by atoms with E-state index < -0.39 is 11.4 Å². The molecule has 2 heterocycles. The molecule has 6 heteroatoms. The van der Waals surface area contributed by atoms with Crippen molar-refractivity contribution < 1.29 is 19.4 Å². The number of ether oxygens (including phenoxy) is 1. The first-order valence-electron chi connectivity index (χ1n) is 7.88. The molecule has 0 spiro atoms. The van der Waals surface area contributed by atoms with E-state index in [4.69, 9.17) is 4.74 Å². The van der Waals surface area contributed by atoms with E-state index in [1.54, 1.807) is 11.8 Å². The Bertz CT molecular complexity index is 437. The van der Waals surface area contributed by atoms with Gasteiger partial charge >= 0.3 is 12.0 Å². The van der Waals surface area contributed by atoms with E-state index in [2.05, 4.69) is 5.32 Å². The van der Waals surface area contributed by atoms with Gasteiger partial charge < -0.3 is 20.1 Å². The minimum Gasteiger partial charge on any atom is -0.481 e. The summed E-state index contributed by atoms with van der Waals surface area (Å²) in [6, 6.07) is 0.0370. The van der Waals surface area contributed by atoms with Gasteiger partial charge in [0.25, 0.3) is 0 Å². The number of carboxylic acids is 1. The molecule has 3 fully saturated rings. The Labute approximate surface area is 124 Å². The maximum Gasteiger partial charge on any atom is 0.317 e. The maximum atomic E-state index is 12.3. The molecule has 3 unspecified atom stereocenters. The van der Waals surface area contributed by atoms with Gasteiger partial charge in [-0.15, -0.1) is 0 Å². The predicted molar refractivity (Wildman–Crippen MR) is 76.0 cm³/mol. The molecule has 2 N–H and O–H groups in total. The smallest absolute Gasteiger partial charge is 0.317 e. The highest BCUT2D eigenvalue weighted by Gasteiger charge is 2.43. The van der Waals surface area contributed by atoms with Crippen LogP contribution in [0.25, 0.3) is 0 Å². The van der Waals surface area contributed by atoms with Crippen LogP contribution in [0.3, 0.4) is 0 Å². The van der Waals surface area contributed by atoms with Gasteiger partial charge in [-0.1, -0.05) is 0 Å². The maximum absolute atomic E-state index is 12.3. The molecule has 2 aliphatic heterocycles. The first-order valence-corrected chi connectivity index (χ1v) is 7.88. The number of hydrogen-bond donors (Lipinski definition) is 2. The van der Waals surface area contributed by atoms with Crippen molar-refractivity contribution in [3.8, 4) is 0 Å². The lowest BCUT2D eigenvalue weighted by atomic mass is 9.90.